The quantitative estimate of drug-likeness (QED) is 0.207. The monoisotopic (exact) mass is 593 g/mol. The summed E-state index contributed by atoms with van der Waals surface area (Å²) in [7, 11) is 7.18. The Morgan fingerprint density at radius 1 is 0.810 bits per heavy atom. The number of benzene rings is 3. The molecule has 0 aliphatic heterocycles. The predicted molar refractivity (Wildman–Crippen MR) is 164 cm³/mol. The van der Waals surface area contributed by atoms with Crippen LogP contribution in [0, 0.1) is 11.8 Å². The number of nitrogens with zero attached hydrogens (tertiary/aromatic N) is 1. The van der Waals surface area contributed by atoms with Gasteiger partial charge in [-0.3, -0.25) is 0 Å². The van der Waals surface area contributed by atoms with Crippen molar-refractivity contribution in [3.63, 3.8) is 0 Å². The standard InChI is InChI=1S/C29H32ClNO3.C4H4O4/c1-31(19-17-23-10-16-28(33-3)29(20-23)34-4)18-5-6-25-21-27(32-2)15-12-24(25)11-7-22-8-13-26(30)14-9-22;5-3(6)1-2-4(7)8/h8-10,12-16,20-21H,5-6,17-19H2,1-4H3;1-2H,(H,5,6)(H,7,8)/b;2-1+. The largest absolute Gasteiger partial charge is 0.497 e. The van der Waals surface area contributed by atoms with E-state index >= 15 is 0 Å². The van der Waals surface area contributed by atoms with Gasteiger partial charge in [0.15, 0.2) is 11.5 Å². The number of methoxy groups -OCH3 is 3. The Balaban J connectivity index is 0.000000675. The van der Waals surface area contributed by atoms with E-state index in [1.54, 1.807) is 21.3 Å². The molecule has 0 saturated carbocycles. The van der Waals surface area contributed by atoms with Crippen LogP contribution in [0.4, 0.5) is 0 Å². The molecule has 0 radical (unpaired) electrons. The minimum Gasteiger partial charge on any atom is -0.497 e. The molecule has 0 amide bonds. The van der Waals surface area contributed by atoms with E-state index in [0.29, 0.717) is 17.2 Å². The summed E-state index contributed by atoms with van der Waals surface area (Å²) in [5, 5.41) is 16.3. The molecule has 0 bridgehead atoms. The van der Waals surface area contributed by atoms with Crippen LogP contribution in [0.5, 0.6) is 17.2 Å². The van der Waals surface area contributed by atoms with Gasteiger partial charge in [-0.2, -0.15) is 0 Å². The number of likely N-dealkylation sites (N-methyl/N-ethyl adjacent to an activating group) is 1. The fourth-order valence-electron chi connectivity index (χ4n) is 3.85. The van der Waals surface area contributed by atoms with E-state index in [1.165, 1.54) is 11.1 Å². The van der Waals surface area contributed by atoms with Crippen molar-refractivity contribution in [2.24, 2.45) is 0 Å². The van der Waals surface area contributed by atoms with Crippen molar-refractivity contribution in [3.8, 4) is 29.1 Å². The van der Waals surface area contributed by atoms with Gasteiger partial charge in [0.25, 0.3) is 0 Å². The zero-order chi connectivity index (χ0) is 30.9. The van der Waals surface area contributed by atoms with Crippen molar-refractivity contribution in [2.45, 2.75) is 19.3 Å². The molecule has 3 aromatic rings. The molecule has 0 heterocycles. The number of carboxylic acids is 2. The molecule has 0 saturated heterocycles. The maximum atomic E-state index is 9.55. The zero-order valence-electron chi connectivity index (χ0n) is 24.2. The molecule has 0 unspecified atom stereocenters. The van der Waals surface area contributed by atoms with Crippen molar-refractivity contribution in [3.05, 3.63) is 100 Å². The molecule has 0 atom stereocenters. The summed E-state index contributed by atoms with van der Waals surface area (Å²) in [6.45, 7) is 1.96. The minimum absolute atomic E-state index is 0.558. The molecule has 0 aliphatic rings. The molecule has 2 N–H and O–H groups in total. The van der Waals surface area contributed by atoms with E-state index in [4.69, 9.17) is 36.0 Å². The lowest BCUT2D eigenvalue weighted by atomic mass is 10.0. The topological polar surface area (TPSA) is 106 Å². The summed E-state index contributed by atoms with van der Waals surface area (Å²) in [4.78, 5) is 21.5. The molecule has 0 fully saturated rings. The van der Waals surface area contributed by atoms with Crippen LogP contribution in [-0.2, 0) is 22.4 Å². The number of carbonyl (C=O) groups is 2. The van der Waals surface area contributed by atoms with Crippen molar-refractivity contribution in [2.75, 3.05) is 41.5 Å². The highest BCUT2D eigenvalue weighted by atomic mass is 35.5. The van der Waals surface area contributed by atoms with Crippen molar-refractivity contribution in [1.82, 2.24) is 4.90 Å². The number of ether oxygens (including phenoxy) is 3. The predicted octanol–water partition coefficient (Wildman–Crippen LogP) is 5.58. The van der Waals surface area contributed by atoms with Crippen molar-refractivity contribution >= 4 is 23.5 Å². The first-order valence-corrected chi connectivity index (χ1v) is 13.5. The average Bonchev–Trinajstić information content (AvgIpc) is 2.99. The number of hydrogen-bond acceptors (Lipinski definition) is 6. The van der Waals surface area contributed by atoms with Gasteiger partial charge in [-0.15, -0.1) is 0 Å². The van der Waals surface area contributed by atoms with Crippen LogP contribution in [0.3, 0.4) is 0 Å². The lowest BCUT2D eigenvalue weighted by Gasteiger charge is -2.17. The Kier molecular flexibility index (Phi) is 14.5. The Morgan fingerprint density at radius 3 is 2.07 bits per heavy atom. The Hall–Kier alpha value is -4.45. The molecule has 0 spiro atoms. The first-order chi connectivity index (χ1) is 20.1. The Labute approximate surface area is 252 Å². The van der Waals surface area contributed by atoms with Gasteiger partial charge in [0, 0.05) is 34.8 Å². The number of aryl methyl sites for hydroxylation is 1. The van der Waals surface area contributed by atoms with Gasteiger partial charge in [-0.1, -0.05) is 29.5 Å². The smallest absolute Gasteiger partial charge is 0.328 e. The lowest BCUT2D eigenvalue weighted by Crippen LogP contribution is -2.23. The van der Waals surface area contributed by atoms with Crippen LogP contribution in [0.15, 0.2) is 72.8 Å². The normalized spacial score (nSPS) is 10.3. The van der Waals surface area contributed by atoms with Crippen LogP contribution in [0.2, 0.25) is 5.02 Å². The van der Waals surface area contributed by atoms with E-state index in [2.05, 4.69) is 42.0 Å². The number of hydrogen-bond donors (Lipinski definition) is 2. The van der Waals surface area contributed by atoms with E-state index in [0.717, 1.165) is 60.7 Å². The Morgan fingerprint density at radius 2 is 1.48 bits per heavy atom. The second-order valence-corrected chi connectivity index (χ2v) is 9.57. The third-order valence-electron chi connectivity index (χ3n) is 6.08. The maximum absolute atomic E-state index is 9.55. The molecule has 222 valence electrons. The number of rotatable bonds is 12. The highest BCUT2D eigenvalue weighted by Gasteiger charge is 2.08. The second kappa shape index (κ2) is 18.1. The number of halogens is 1. The molecular formula is C33H36ClNO7. The number of aliphatic carboxylic acids is 2. The maximum Gasteiger partial charge on any atom is 0.328 e. The molecule has 0 aliphatic carbocycles. The van der Waals surface area contributed by atoms with Gasteiger partial charge in [0.1, 0.15) is 5.75 Å². The summed E-state index contributed by atoms with van der Waals surface area (Å²) in [6, 6.07) is 19.8. The third-order valence-corrected chi connectivity index (χ3v) is 6.33. The van der Waals surface area contributed by atoms with E-state index in [9.17, 15) is 9.59 Å². The van der Waals surface area contributed by atoms with Gasteiger partial charge < -0.3 is 29.3 Å². The highest BCUT2D eigenvalue weighted by Crippen LogP contribution is 2.27. The molecule has 42 heavy (non-hydrogen) atoms. The summed E-state index contributed by atoms with van der Waals surface area (Å²) >= 11 is 5.98. The SMILES string of the molecule is COc1ccc(C#Cc2ccc(Cl)cc2)c(CCCN(C)CCc2ccc(OC)c(OC)c2)c1.O=C(O)/C=C/C(=O)O. The van der Waals surface area contributed by atoms with Crippen LogP contribution < -0.4 is 14.2 Å². The molecule has 3 rings (SSSR count). The molecular weight excluding hydrogens is 558 g/mol. The summed E-state index contributed by atoms with van der Waals surface area (Å²) in [5.74, 6) is 6.43. The minimum atomic E-state index is -1.26. The summed E-state index contributed by atoms with van der Waals surface area (Å²) in [6.07, 6.45) is 4.03. The lowest BCUT2D eigenvalue weighted by molar-refractivity contribution is -0.134. The second-order valence-electron chi connectivity index (χ2n) is 9.14. The van der Waals surface area contributed by atoms with Gasteiger partial charge in [-0.05, 0) is 98.6 Å². The summed E-state index contributed by atoms with van der Waals surface area (Å²) in [5.41, 5.74) is 4.41. The fourth-order valence-corrected chi connectivity index (χ4v) is 3.97. The molecule has 8 nitrogen and oxygen atoms in total. The van der Waals surface area contributed by atoms with Gasteiger partial charge in [0.2, 0.25) is 0 Å². The van der Waals surface area contributed by atoms with Gasteiger partial charge >= 0.3 is 11.9 Å². The Bertz CT molecular complexity index is 1390. The zero-order valence-corrected chi connectivity index (χ0v) is 25.0. The number of carboxylic acid groups (broad SMARTS) is 2. The van der Waals surface area contributed by atoms with Crippen molar-refractivity contribution in [1.29, 1.82) is 0 Å². The average molecular weight is 594 g/mol. The first-order valence-electron chi connectivity index (χ1n) is 13.1. The summed E-state index contributed by atoms with van der Waals surface area (Å²) < 4.78 is 16.2. The highest BCUT2D eigenvalue weighted by molar-refractivity contribution is 6.30. The van der Waals surface area contributed by atoms with Crippen LogP contribution in [0.25, 0.3) is 0 Å². The van der Waals surface area contributed by atoms with Gasteiger partial charge in [-0.25, -0.2) is 9.59 Å². The molecule has 3 aromatic carbocycles. The molecule has 9 heteroatoms. The van der Waals surface area contributed by atoms with Crippen LogP contribution in [0.1, 0.15) is 28.7 Å². The van der Waals surface area contributed by atoms with Crippen LogP contribution in [-0.4, -0.2) is 68.5 Å². The third kappa shape index (κ3) is 12.4. The fraction of sp³-hybridized carbons (Fsp3) is 0.273. The van der Waals surface area contributed by atoms with E-state index < -0.39 is 11.9 Å². The van der Waals surface area contributed by atoms with Crippen molar-refractivity contribution < 1.29 is 34.0 Å². The van der Waals surface area contributed by atoms with Crippen LogP contribution >= 0.6 is 11.6 Å². The van der Waals surface area contributed by atoms with E-state index in [-0.39, 0.29) is 0 Å². The van der Waals surface area contributed by atoms with Gasteiger partial charge in [0.05, 0.1) is 21.3 Å². The first kappa shape index (κ1) is 33.8. The molecule has 0 aromatic heterocycles. The van der Waals surface area contributed by atoms with E-state index in [1.807, 2.05) is 42.5 Å².